The summed E-state index contributed by atoms with van der Waals surface area (Å²) in [6.07, 6.45) is 9.57. The van der Waals surface area contributed by atoms with Crippen LogP contribution in [0.1, 0.15) is 25.7 Å². The number of hydrogen-bond acceptors (Lipinski definition) is 1. The molecule has 0 atom stereocenters. The van der Waals surface area contributed by atoms with E-state index in [4.69, 9.17) is 0 Å². The maximum atomic E-state index is 10.1. The van der Waals surface area contributed by atoms with E-state index in [1.807, 2.05) is 0 Å². The van der Waals surface area contributed by atoms with E-state index in [0.717, 1.165) is 32.1 Å². The van der Waals surface area contributed by atoms with E-state index in [2.05, 4.69) is 17.5 Å². The summed E-state index contributed by atoms with van der Waals surface area (Å²) < 4.78 is 0. The molecule has 1 aliphatic carbocycles. The average molecular weight is 139 g/mol. The third-order valence-corrected chi connectivity index (χ3v) is 1.83. The van der Waals surface area contributed by atoms with Gasteiger partial charge in [0.15, 0.2) is 0 Å². The van der Waals surface area contributed by atoms with Gasteiger partial charge in [0.2, 0.25) is 6.41 Å². The number of carbonyl (C=O) groups is 1. The molecule has 0 saturated heterocycles. The molecule has 2 heteroatoms. The predicted octanol–water partition coefficient (Wildman–Crippen LogP) is 1.23. The highest BCUT2D eigenvalue weighted by Gasteiger charge is 2.06. The molecule has 1 rings (SSSR count). The summed E-state index contributed by atoms with van der Waals surface area (Å²) in [5, 5.41) is 2.80. The fourth-order valence-corrected chi connectivity index (χ4v) is 1.24. The van der Waals surface area contributed by atoms with Gasteiger partial charge in [0.05, 0.1) is 0 Å². The number of allylic oxidation sites excluding steroid dienone is 2. The summed E-state index contributed by atoms with van der Waals surface area (Å²) in [6.45, 7) is 0. The first-order valence-electron chi connectivity index (χ1n) is 3.78. The summed E-state index contributed by atoms with van der Waals surface area (Å²) in [5.41, 5.74) is 0. The molecule has 2 nitrogen and oxygen atoms in total. The van der Waals surface area contributed by atoms with Crippen molar-refractivity contribution in [3.63, 3.8) is 0 Å². The van der Waals surface area contributed by atoms with Crippen LogP contribution >= 0.6 is 0 Å². The minimum absolute atomic E-state index is 0.410. The quantitative estimate of drug-likeness (QED) is 0.452. The second kappa shape index (κ2) is 4.09. The lowest BCUT2D eigenvalue weighted by molar-refractivity contribution is -0.110. The van der Waals surface area contributed by atoms with Crippen LogP contribution in [0.3, 0.4) is 0 Å². The summed E-state index contributed by atoms with van der Waals surface area (Å²) in [7, 11) is 0. The Labute approximate surface area is 61.3 Å². The molecule has 0 bridgehead atoms. The van der Waals surface area contributed by atoms with Crippen LogP contribution in [0.5, 0.6) is 0 Å². The first-order valence-corrected chi connectivity index (χ1v) is 3.78. The minimum atomic E-state index is 0.410. The standard InChI is InChI=1S/C8H13NO/c10-7-9-8-5-3-1-2-4-6-8/h1-2,7-8H,3-6H2,(H,9,10). The lowest BCUT2D eigenvalue weighted by Gasteiger charge is -2.11. The molecule has 0 aromatic carbocycles. The molecule has 0 unspecified atom stereocenters. The highest BCUT2D eigenvalue weighted by atomic mass is 16.1. The third-order valence-electron chi connectivity index (χ3n) is 1.83. The normalized spacial score (nSPS) is 20.0. The minimum Gasteiger partial charge on any atom is -0.356 e. The van der Waals surface area contributed by atoms with Crippen LogP contribution in [0.4, 0.5) is 0 Å². The Balaban J connectivity index is 2.26. The van der Waals surface area contributed by atoms with Crippen molar-refractivity contribution in [1.82, 2.24) is 5.32 Å². The van der Waals surface area contributed by atoms with Gasteiger partial charge in [0, 0.05) is 6.04 Å². The summed E-state index contributed by atoms with van der Waals surface area (Å²) >= 11 is 0. The molecular weight excluding hydrogens is 126 g/mol. The van der Waals surface area contributed by atoms with E-state index in [-0.39, 0.29) is 0 Å². The second-order valence-electron chi connectivity index (χ2n) is 2.61. The molecule has 0 aromatic rings. The number of carbonyl (C=O) groups excluding carboxylic acids is 1. The molecular formula is C8H13NO. The predicted molar refractivity (Wildman–Crippen MR) is 40.6 cm³/mol. The van der Waals surface area contributed by atoms with Gasteiger partial charge in [-0.25, -0.2) is 0 Å². The third kappa shape index (κ3) is 2.21. The van der Waals surface area contributed by atoms with E-state index in [9.17, 15) is 4.79 Å². The lowest BCUT2D eigenvalue weighted by atomic mass is 10.1. The lowest BCUT2D eigenvalue weighted by Crippen LogP contribution is -2.26. The molecule has 0 saturated carbocycles. The number of amides is 1. The van der Waals surface area contributed by atoms with Crippen molar-refractivity contribution < 1.29 is 4.79 Å². The zero-order valence-corrected chi connectivity index (χ0v) is 6.05. The first-order chi connectivity index (χ1) is 4.93. The van der Waals surface area contributed by atoms with Crippen molar-refractivity contribution in [3.8, 4) is 0 Å². The fraction of sp³-hybridized carbons (Fsp3) is 0.625. The maximum Gasteiger partial charge on any atom is 0.207 e. The van der Waals surface area contributed by atoms with Gasteiger partial charge < -0.3 is 5.32 Å². The number of hydrogen-bond donors (Lipinski definition) is 1. The van der Waals surface area contributed by atoms with Crippen LogP contribution in [-0.4, -0.2) is 12.5 Å². The van der Waals surface area contributed by atoms with E-state index in [1.165, 1.54) is 0 Å². The molecule has 1 aliphatic rings. The van der Waals surface area contributed by atoms with Crippen molar-refractivity contribution in [2.45, 2.75) is 31.7 Å². The maximum absolute atomic E-state index is 10.1. The molecule has 10 heavy (non-hydrogen) atoms. The van der Waals surface area contributed by atoms with E-state index < -0.39 is 0 Å². The number of rotatable bonds is 2. The smallest absolute Gasteiger partial charge is 0.207 e. The van der Waals surface area contributed by atoms with Crippen LogP contribution in [0.2, 0.25) is 0 Å². The molecule has 0 heterocycles. The van der Waals surface area contributed by atoms with E-state index in [0.29, 0.717) is 6.04 Å². The zero-order chi connectivity index (χ0) is 7.23. The van der Waals surface area contributed by atoms with Gasteiger partial charge in [-0.05, 0) is 25.7 Å². The highest BCUT2D eigenvalue weighted by molar-refractivity contribution is 5.46. The SMILES string of the molecule is O=CNC1CCC=CCC1. The first kappa shape index (κ1) is 7.32. The van der Waals surface area contributed by atoms with Gasteiger partial charge >= 0.3 is 0 Å². The van der Waals surface area contributed by atoms with Crippen molar-refractivity contribution >= 4 is 6.41 Å². The summed E-state index contributed by atoms with van der Waals surface area (Å²) in [6, 6.07) is 0.410. The van der Waals surface area contributed by atoms with E-state index >= 15 is 0 Å². The van der Waals surface area contributed by atoms with Gasteiger partial charge in [-0.1, -0.05) is 12.2 Å². The fourth-order valence-electron chi connectivity index (χ4n) is 1.24. The largest absolute Gasteiger partial charge is 0.356 e. The molecule has 0 radical (unpaired) electrons. The summed E-state index contributed by atoms with van der Waals surface area (Å²) in [4.78, 5) is 10.1. The number of nitrogens with one attached hydrogen (secondary N) is 1. The Morgan fingerprint density at radius 2 is 1.90 bits per heavy atom. The van der Waals surface area contributed by atoms with Crippen molar-refractivity contribution in [2.75, 3.05) is 0 Å². The zero-order valence-electron chi connectivity index (χ0n) is 6.05. The van der Waals surface area contributed by atoms with Crippen molar-refractivity contribution in [2.24, 2.45) is 0 Å². The van der Waals surface area contributed by atoms with Crippen molar-refractivity contribution in [3.05, 3.63) is 12.2 Å². The molecule has 0 spiro atoms. The molecule has 0 fully saturated rings. The topological polar surface area (TPSA) is 29.1 Å². The monoisotopic (exact) mass is 139 g/mol. The van der Waals surface area contributed by atoms with E-state index in [1.54, 1.807) is 0 Å². The molecule has 0 aromatic heterocycles. The Bertz CT molecular complexity index is 121. The van der Waals surface area contributed by atoms with Gasteiger partial charge in [-0.2, -0.15) is 0 Å². The van der Waals surface area contributed by atoms with Crippen LogP contribution in [0.25, 0.3) is 0 Å². The highest BCUT2D eigenvalue weighted by Crippen LogP contribution is 2.10. The second-order valence-corrected chi connectivity index (χ2v) is 2.61. The van der Waals surface area contributed by atoms with Gasteiger partial charge in [0.25, 0.3) is 0 Å². The Morgan fingerprint density at radius 1 is 1.30 bits per heavy atom. The van der Waals surface area contributed by atoms with Gasteiger partial charge in [-0.3, -0.25) is 4.79 Å². The Morgan fingerprint density at radius 3 is 2.40 bits per heavy atom. The van der Waals surface area contributed by atoms with Crippen LogP contribution < -0.4 is 5.32 Å². The average Bonchev–Trinajstić information content (AvgIpc) is 2.17. The molecule has 1 N–H and O–H groups in total. The van der Waals surface area contributed by atoms with Crippen molar-refractivity contribution in [1.29, 1.82) is 0 Å². The summed E-state index contributed by atoms with van der Waals surface area (Å²) in [5.74, 6) is 0. The van der Waals surface area contributed by atoms with Gasteiger partial charge in [-0.15, -0.1) is 0 Å². The van der Waals surface area contributed by atoms with Gasteiger partial charge in [0.1, 0.15) is 0 Å². The molecule has 56 valence electrons. The molecule has 0 aliphatic heterocycles. The Kier molecular flexibility index (Phi) is 3.00. The van der Waals surface area contributed by atoms with Crippen LogP contribution in [-0.2, 0) is 4.79 Å². The van der Waals surface area contributed by atoms with Crippen LogP contribution in [0, 0.1) is 0 Å². The van der Waals surface area contributed by atoms with Crippen LogP contribution in [0.15, 0.2) is 12.2 Å². The molecule has 1 amide bonds. The Hall–Kier alpha value is -0.790.